The molecule has 0 aromatic heterocycles. The molecular weight excluding hydrogens is 351 g/mol. The highest BCUT2D eigenvalue weighted by Crippen LogP contribution is 2.68. The molecule has 0 aromatic carbocycles. The number of fused-ring (bicyclic) bond motifs is 3. The molecule has 6 heteroatoms. The largest absolute Gasteiger partial charge is 0.390 e. The lowest BCUT2D eigenvalue weighted by molar-refractivity contribution is -0.233. The number of carbonyl (C=O) groups is 2. The summed E-state index contributed by atoms with van der Waals surface area (Å²) < 4.78 is 16.6. The first-order valence-corrected chi connectivity index (χ1v) is 9.66. The lowest BCUT2D eigenvalue weighted by Crippen LogP contribution is -2.70. The van der Waals surface area contributed by atoms with E-state index in [1.165, 1.54) is 13.8 Å². The molecule has 0 aliphatic heterocycles. The van der Waals surface area contributed by atoms with E-state index in [9.17, 15) is 24.9 Å². The molecular formula is C21H29FO5. The van der Waals surface area contributed by atoms with Crippen LogP contribution < -0.4 is 0 Å². The quantitative estimate of drug-likeness (QED) is 0.646. The Bertz CT molecular complexity index is 716. The standard InChI is InChI=1S/C21H29FO5/c1-5-6-9-18(3)15(24)8-7-13-14-10-16(25)21(27,12(2)23)19(14,4)11-17(26)20(13,18)22/h1,13-14,16-17,25-27H,6-11H2,2-4H3/t13-,14-,16+,17-,18-,19-,20-,21+/m0/s1. The van der Waals surface area contributed by atoms with Crippen molar-refractivity contribution in [3.8, 4) is 12.3 Å². The van der Waals surface area contributed by atoms with Crippen LogP contribution in [0.2, 0.25) is 0 Å². The van der Waals surface area contributed by atoms with Gasteiger partial charge in [0.15, 0.2) is 17.1 Å². The van der Waals surface area contributed by atoms with E-state index in [4.69, 9.17) is 6.42 Å². The second kappa shape index (κ2) is 6.10. The number of alkyl halides is 1. The zero-order valence-corrected chi connectivity index (χ0v) is 16.2. The van der Waals surface area contributed by atoms with Crippen molar-refractivity contribution in [3.63, 3.8) is 0 Å². The molecule has 3 rings (SSSR count). The van der Waals surface area contributed by atoms with Crippen molar-refractivity contribution < 1.29 is 29.3 Å². The molecule has 27 heavy (non-hydrogen) atoms. The summed E-state index contributed by atoms with van der Waals surface area (Å²) in [6.45, 7) is 4.39. The van der Waals surface area contributed by atoms with Crippen molar-refractivity contribution in [1.82, 2.24) is 0 Å². The van der Waals surface area contributed by atoms with Gasteiger partial charge < -0.3 is 15.3 Å². The molecule has 3 aliphatic carbocycles. The first-order valence-electron chi connectivity index (χ1n) is 9.66. The van der Waals surface area contributed by atoms with Gasteiger partial charge in [-0.25, -0.2) is 4.39 Å². The van der Waals surface area contributed by atoms with Gasteiger partial charge in [-0.1, -0.05) is 6.92 Å². The fourth-order valence-corrected chi connectivity index (χ4v) is 6.59. The normalized spacial score (nSPS) is 52.0. The first kappa shape index (κ1) is 20.4. The van der Waals surface area contributed by atoms with Gasteiger partial charge in [-0.05, 0) is 45.4 Å². The van der Waals surface area contributed by atoms with Gasteiger partial charge in [-0.3, -0.25) is 9.59 Å². The van der Waals surface area contributed by atoms with E-state index in [1.807, 2.05) is 0 Å². The van der Waals surface area contributed by atoms with Crippen molar-refractivity contribution in [1.29, 1.82) is 0 Å². The smallest absolute Gasteiger partial charge is 0.164 e. The Balaban J connectivity index is 2.12. The Morgan fingerprint density at radius 2 is 1.93 bits per heavy atom. The average Bonchev–Trinajstić information content (AvgIpc) is 2.80. The van der Waals surface area contributed by atoms with Crippen LogP contribution in [0.15, 0.2) is 0 Å². The minimum atomic E-state index is -2.20. The molecule has 150 valence electrons. The van der Waals surface area contributed by atoms with Crippen LogP contribution in [0.5, 0.6) is 0 Å². The minimum absolute atomic E-state index is 0.0645. The predicted octanol–water partition coefficient (Wildman–Crippen LogP) is 1.57. The van der Waals surface area contributed by atoms with Crippen molar-refractivity contribution in [2.24, 2.45) is 22.7 Å². The van der Waals surface area contributed by atoms with Crippen LogP contribution in [0, 0.1) is 35.0 Å². The Labute approximate surface area is 159 Å². The van der Waals surface area contributed by atoms with Crippen LogP contribution in [0.1, 0.15) is 59.3 Å². The third-order valence-corrected chi connectivity index (χ3v) is 8.23. The lowest BCUT2D eigenvalue weighted by atomic mass is 9.45. The Morgan fingerprint density at radius 3 is 2.48 bits per heavy atom. The van der Waals surface area contributed by atoms with E-state index in [1.54, 1.807) is 6.92 Å². The third kappa shape index (κ3) is 2.22. The van der Waals surface area contributed by atoms with Crippen molar-refractivity contribution >= 4 is 11.6 Å². The molecule has 0 heterocycles. The highest BCUT2D eigenvalue weighted by Gasteiger charge is 2.76. The van der Waals surface area contributed by atoms with E-state index in [0.29, 0.717) is 0 Å². The zero-order valence-electron chi connectivity index (χ0n) is 16.2. The average molecular weight is 380 g/mol. The second-order valence-electron chi connectivity index (χ2n) is 9.19. The summed E-state index contributed by atoms with van der Waals surface area (Å²) in [4.78, 5) is 25.0. The van der Waals surface area contributed by atoms with Crippen LogP contribution in [0.25, 0.3) is 0 Å². The van der Waals surface area contributed by atoms with Crippen LogP contribution in [0.4, 0.5) is 4.39 Å². The molecule has 0 amide bonds. The number of halogens is 1. The number of aliphatic hydroxyl groups excluding tert-OH is 2. The molecule has 5 nitrogen and oxygen atoms in total. The maximum atomic E-state index is 16.6. The van der Waals surface area contributed by atoms with Gasteiger partial charge in [0, 0.05) is 24.2 Å². The predicted molar refractivity (Wildman–Crippen MR) is 96.2 cm³/mol. The van der Waals surface area contributed by atoms with E-state index in [2.05, 4.69) is 5.92 Å². The van der Waals surface area contributed by atoms with Crippen molar-refractivity contribution in [2.75, 3.05) is 0 Å². The third-order valence-electron chi connectivity index (χ3n) is 8.23. The fourth-order valence-electron chi connectivity index (χ4n) is 6.59. The fraction of sp³-hybridized carbons (Fsp3) is 0.810. The second-order valence-corrected chi connectivity index (χ2v) is 9.19. The molecule has 3 saturated carbocycles. The number of aliphatic hydroxyl groups is 3. The van der Waals surface area contributed by atoms with Gasteiger partial charge in [-0.15, -0.1) is 12.3 Å². The van der Waals surface area contributed by atoms with E-state index >= 15 is 4.39 Å². The summed E-state index contributed by atoms with van der Waals surface area (Å²) in [6.07, 6.45) is 3.08. The number of rotatable bonds is 3. The topological polar surface area (TPSA) is 94.8 Å². The summed E-state index contributed by atoms with van der Waals surface area (Å²) in [7, 11) is 0. The van der Waals surface area contributed by atoms with E-state index in [-0.39, 0.29) is 44.3 Å². The van der Waals surface area contributed by atoms with Gasteiger partial charge in [0.1, 0.15) is 5.78 Å². The van der Waals surface area contributed by atoms with Gasteiger partial charge in [0.2, 0.25) is 0 Å². The molecule has 0 bridgehead atoms. The van der Waals surface area contributed by atoms with Gasteiger partial charge >= 0.3 is 0 Å². The van der Waals surface area contributed by atoms with Crippen LogP contribution in [0.3, 0.4) is 0 Å². The van der Waals surface area contributed by atoms with Crippen LogP contribution in [-0.4, -0.2) is 50.4 Å². The van der Waals surface area contributed by atoms with Crippen LogP contribution in [-0.2, 0) is 9.59 Å². The molecule has 8 atom stereocenters. The molecule has 0 saturated heterocycles. The summed E-state index contributed by atoms with van der Waals surface area (Å²) in [5.74, 6) is 0.357. The summed E-state index contributed by atoms with van der Waals surface area (Å²) >= 11 is 0. The van der Waals surface area contributed by atoms with E-state index < -0.39 is 51.9 Å². The zero-order chi connectivity index (χ0) is 20.4. The SMILES string of the molecule is C#CCC[C@@]1(C)C(=O)CC[C@H]2[C@@H]3C[C@@H](O)[C@](O)(C(C)=O)[C@@]3(C)C[C@H](O)[C@@]21F. The maximum absolute atomic E-state index is 16.6. The number of carbonyl (C=O) groups excluding carboxylic acids is 2. The molecule has 3 fully saturated rings. The molecule has 0 radical (unpaired) electrons. The summed E-state index contributed by atoms with van der Waals surface area (Å²) in [5, 5.41) is 32.6. The molecule has 0 unspecified atom stereocenters. The van der Waals surface area contributed by atoms with Gasteiger partial charge in [0.25, 0.3) is 0 Å². The van der Waals surface area contributed by atoms with Crippen LogP contribution >= 0.6 is 0 Å². The number of terminal acetylenes is 1. The lowest BCUT2D eigenvalue weighted by Gasteiger charge is -2.61. The van der Waals surface area contributed by atoms with Gasteiger partial charge in [-0.2, -0.15) is 0 Å². The molecule has 0 aromatic rings. The monoisotopic (exact) mass is 380 g/mol. The van der Waals surface area contributed by atoms with Crippen molar-refractivity contribution in [3.05, 3.63) is 0 Å². The Morgan fingerprint density at radius 1 is 1.30 bits per heavy atom. The molecule has 0 spiro atoms. The number of ketones is 2. The maximum Gasteiger partial charge on any atom is 0.164 e. The number of Topliss-reactive ketones (excluding diaryl/α,β-unsaturated/α-hetero) is 2. The van der Waals surface area contributed by atoms with Crippen molar-refractivity contribution in [2.45, 2.75) is 82.8 Å². The Hall–Kier alpha value is -1.29. The Kier molecular flexibility index (Phi) is 4.62. The first-order chi connectivity index (χ1) is 12.4. The van der Waals surface area contributed by atoms with Gasteiger partial charge in [0.05, 0.1) is 17.6 Å². The minimum Gasteiger partial charge on any atom is -0.390 e. The highest BCUT2D eigenvalue weighted by atomic mass is 19.1. The summed E-state index contributed by atoms with van der Waals surface area (Å²) in [6, 6.07) is 0. The molecule has 3 aliphatic rings. The number of hydrogen-bond donors (Lipinski definition) is 3. The number of hydrogen-bond acceptors (Lipinski definition) is 5. The summed E-state index contributed by atoms with van der Waals surface area (Å²) in [5.41, 5.74) is -6.82. The van der Waals surface area contributed by atoms with E-state index in [0.717, 1.165) is 0 Å². The highest BCUT2D eigenvalue weighted by molar-refractivity contribution is 5.88. The molecule has 3 N–H and O–H groups in total.